The van der Waals surface area contributed by atoms with E-state index < -0.39 is 22.1 Å². The topological polar surface area (TPSA) is 84.0 Å². The number of carbonyl (C=O) groups excluding carboxylic acids is 2. The fourth-order valence-corrected chi connectivity index (χ4v) is 3.62. The van der Waals surface area contributed by atoms with E-state index in [0.29, 0.717) is 13.1 Å². The van der Waals surface area contributed by atoms with Crippen LogP contribution in [0.25, 0.3) is 0 Å². The van der Waals surface area contributed by atoms with Crippen LogP contribution < -0.4 is 0 Å². The van der Waals surface area contributed by atoms with Gasteiger partial charge in [0.25, 0.3) is 5.91 Å². The molecule has 0 saturated carbocycles. The van der Waals surface area contributed by atoms with E-state index in [2.05, 4.69) is 0 Å². The van der Waals surface area contributed by atoms with E-state index in [9.17, 15) is 18.0 Å². The fraction of sp³-hybridized carbons (Fsp3) is 0.500. The molecule has 0 aromatic heterocycles. The Bertz CT molecular complexity index is 773. The van der Waals surface area contributed by atoms with E-state index in [1.165, 1.54) is 33.2 Å². The van der Waals surface area contributed by atoms with Crippen LogP contribution in [0.5, 0.6) is 0 Å². The first-order valence-corrected chi connectivity index (χ1v) is 9.68. The summed E-state index contributed by atoms with van der Waals surface area (Å²) >= 11 is 6.01. The largest absolute Gasteiger partial charge is 0.449 e. The second-order valence-corrected chi connectivity index (χ2v) is 8.57. The van der Waals surface area contributed by atoms with Gasteiger partial charge in [-0.05, 0) is 38.0 Å². The quantitative estimate of drug-likeness (QED) is 0.717. The van der Waals surface area contributed by atoms with Crippen LogP contribution in [-0.2, 0) is 19.6 Å². The highest BCUT2D eigenvalue weighted by atomic mass is 35.5. The third kappa shape index (κ3) is 4.31. The summed E-state index contributed by atoms with van der Waals surface area (Å²) in [6.07, 6.45) is 0.904. The molecule has 0 N–H and O–H groups in total. The molecule has 1 aliphatic rings. The van der Waals surface area contributed by atoms with E-state index in [4.69, 9.17) is 16.3 Å². The van der Waals surface area contributed by atoms with Crippen molar-refractivity contribution in [1.29, 1.82) is 0 Å². The number of sulfonamides is 1. The normalized spacial score (nSPS) is 16.1. The summed E-state index contributed by atoms with van der Waals surface area (Å²) in [5, 5.41) is 0.0588. The lowest BCUT2D eigenvalue weighted by molar-refractivity contribution is -0.138. The van der Waals surface area contributed by atoms with E-state index in [1.54, 1.807) is 4.90 Å². The van der Waals surface area contributed by atoms with Crippen LogP contribution in [0.3, 0.4) is 0 Å². The molecule has 9 heteroatoms. The first-order chi connectivity index (χ1) is 11.6. The zero-order valence-corrected chi connectivity index (χ0v) is 15.9. The number of hydrogen-bond acceptors (Lipinski definition) is 5. The molecule has 1 aromatic rings. The van der Waals surface area contributed by atoms with Gasteiger partial charge in [-0.2, -0.15) is 0 Å². The Kier molecular flexibility index (Phi) is 6.08. The zero-order valence-electron chi connectivity index (χ0n) is 14.4. The molecule has 1 heterocycles. The minimum Gasteiger partial charge on any atom is -0.449 e. The van der Waals surface area contributed by atoms with Gasteiger partial charge in [0.05, 0.1) is 15.5 Å². The van der Waals surface area contributed by atoms with Crippen molar-refractivity contribution in [1.82, 2.24) is 9.21 Å². The second kappa shape index (κ2) is 7.72. The van der Waals surface area contributed by atoms with Crippen LogP contribution >= 0.6 is 11.6 Å². The number of likely N-dealkylation sites (tertiary alicyclic amines) is 1. The molecule has 1 saturated heterocycles. The molecule has 1 atom stereocenters. The number of ether oxygens (including phenoxy) is 1. The van der Waals surface area contributed by atoms with E-state index in [1.807, 2.05) is 0 Å². The second-order valence-electron chi connectivity index (χ2n) is 6.01. The van der Waals surface area contributed by atoms with Gasteiger partial charge in [0.15, 0.2) is 6.10 Å². The molecule has 1 amide bonds. The number of benzene rings is 1. The first-order valence-electron chi connectivity index (χ1n) is 7.86. The molecule has 25 heavy (non-hydrogen) atoms. The lowest BCUT2D eigenvalue weighted by Crippen LogP contribution is -2.38. The Morgan fingerprint density at radius 3 is 2.40 bits per heavy atom. The van der Waals surface area contributed by atoms with Crippen molar-refractivity contribution in [3.8, 4) is 0 Å². The van der Waals surface area contributed by atoms with Gasteiger partial charge in [0, 0.05) is 27.2 Å². The van der Waals surface area contributed by atoms with Gasteiger partial charge in [-0.1, -0.05) is 11.6 Å². The summed E-state index contributed by atoms with van der Waals surface area (Å²) in [7, 11) is -0.941. The number of esters is 1. The van der Waals surface area contributed by atoms with E-state index in [0.717, 1.165) is 23.2 Å². The predicted octanol–water partition coefficient (Wildman–Crippen LogP) is 1.76. The van der Waals surface area contributed by atoms with E-state index >= 15 is 0 Å². The summed E-state index contributed by atoms with van der Waals surface area (Å²) in [4.78, 5) is 26.2. The Morgan fingerprint density at radius 2 is 1.84 bits per heavy atom. The van der Waals surface area contributed by atoms with Gasteiger partial charge in [-0.3, -0.25) is 4.79 Å². The summed E-state index contributed by atoms with van der Waals surface area (Å²) in [5.41, 5.74) is -0.0920. The molecule has 0 bridgehead atoms. The van der Waals surface area contributed by atoms with Gasteiger partial charge in [-0.25, -0.2) is 17.5 Å². The average molecular weight is 389 g/mol. The summed E-state index contributed by atoms with van der Waals surface area (Å²) in [6.45, 7) is 2.79. The van der Waals surface area contributed by atoms with Crippen molar-refractivity contribution in [2.75, 3.05) is 27.2 Å². The summed E-state index contributed by atoms with van der Waals surface area (Å²) in [6, 6.07) is 3.79. The molecule has 1 fully saturated rings. The maximum absolute atomic E-state index is 12.4. The molecular formula is C16H21ClN2O5S. The van der Waals surface area contributed by atoms with Crippen molar-refractivity contribution < 1.29 is 22.7 Å². The number of carbonyl (C=O) groups is 2. The third-order valence-corrected chi connectivity index (χ3v) is 6.13. The summed E-state index contributed by atoms with van der Waals surface area (Å²) < 4.78 is 30.6. The molecule has 1 aliphatic heterocycles. The van der Waals surface area contributed by atoms with Gasteiger partial charge < -0.3 is 9.64 Å². The Morgan fingerprint density at radius 1 is 1.24 bits per heavy atom. The van der Waals surface area contributed by atoms with Crippen LogP contribution in [0.4, 0.5) is 0 Å². The monoisotopic (exact) mass is 388 g/mol. The van der Waals surface area contributed by atoms with Crippen molar-refractivity contribution in [2.45, 2.75) is 30.8 Å². The summed E-state index contributed by atoms with van der Waals surface area (Å²) in [5.74, 6) is -1.10. The number of rotatable bonds is 5. The Hall–Kier alpha value is -1.64. The molecule has 0 spiro atoms. The van der Waals surface area contributed by atoms with Crippen molar-refractivity contribution in [3.63, 3.8) is 0 Å². The van der Waals surface area contributed by atoms with Crippen molar-refractivity contribution in [3.05, 3.63) is 28.8 Å². The van der Waals surface area contributed by atoms with Crippen LogP contribution in [0, 0.1) is 0 Å². The molecular weight excluding hydrogens is 368 g/mol. The maximum atomic E-state index is 12.4. The third-order valence-electron chi connectivity index (χ3n) is 3.99. The highest BCUT2D eigenvalue weighted by Gasteiger charge is 2.28. The molecule has 2 rings (SSSR count). The van der Waals surface area contributed by atoms with E-state index in [-0.39, 0.29) is 21.4 Å². The van der Waals surface area contributed by atoms with Gasteiger partial charge in [0.1, 0.15) is 0 Å². The fourth-order valence-electron chi connectivity index (χ4n) is 2.50. The van der Waals surface area contributed by atoms with Crippen LogP contribution in [0.15, 0.2) is 23.1 Å². The predicted molar refractivity (Wildman–Crippen MR) is 93.0 cm³/mol. The maximum Gasteiger partial charge on any atom is 0.340 e. The minimum absolute atomic E-state index is 0.0588. The molecule has 1 aromatic carbocycles. The molecule has 0 unspecified atom stereocenters. The standard InChI is InChI=1S/C16H21ClN2O5S/c1-11(15(20)19-8-4-5-9-19)24-16(21)13-10-12(6-7-14(13)17)25(22,23)18(2)3/h6-7,10-11H,4-5,8-9H2,1-3H3/t11-/m1/s1. The highest BCUT2D eigenvalue weighted by Crippen LogP contribution is 2.23. The molecule has 138 valence electrons. The smallest absolute Gasteiger partial charge is 0.340 e. The Labute approximate surface area is 152 Å². The van der Waals surface area contributed by atoms with Gasteiger partial charge in [0.2, 0.25) is 10.0 Å². The lowest BCUT2D eigenvalue weighted by atomic mass is 10.2. The lowest BCUT2D eigenvalue weighted by Gasteiger charge is -2.20. The zero-order chi connectivity index (χ0) is 18.8. The van der Waals surface area contributed by atoms with Crippen LogP contribution in [0.1, 0.15) is 30.1 Å². The highest BCUT2D eigenvalue weighted by molar-refractivity contribution is 7.89. The van der Waals surface area contributed by atoms with Crippen LogP contribution in [-0.4, -0.2) is 62.8 Å². The number of nitrogens with zero attached hydrogens (tertiary/aromatic N) is 2. The SMILES string of the molecule is C[C@@H](OC(=O)c1cc(S(=O)(=O)N(C)C)ccc1Cl)C(=O)N1CCCC1. The first kappa shape index (κ1) is 19.7. The number of hydrogen-bond donors (Lipinski definition) is 0. The van der Waals surface area contributed by atoms with Gasteiger partial charge in [-0.15, -0.1) is 0 Å². The molecule has 0 aliphatic carbocycles. The average Bonchev–Trinajstić information content (AvgIpc) is 3.08. The molecule has 0 radical (unpaired) electrons. The minimum atomic E-state index is -3.72. The number of halogens is 1. The van der Waals surface area contributed by atoms with Crippen molar-refractivity contribution in [2.24, 2.45) is 0 Å². The van der Waals surface area contributed by atoms with Crippen molar-refractivity contribution >= 4 is 33.5 Å². The number of amides is 1. The molecule has 7 nitrogen and oxygen atoms in total. The van der Waals surface area contributed by atoms with Crippen LogP contribution in [0.2, 0.25) is 5.02 Å². The Balaban J connectivity index is 2.20. The van der Waals surface area contributed by atoms with Gasteiger partial charge >= 0.3 is 5.97 Å².